The molecule has 0 fully saturated rings. The standard InChI is InChI=1S/C6H7IN2S/c1-4-5-2-10-3-6(5)9(7)8-4/h2-3H2,1H3. The van der Waals surface area contributed by atoms with Gasteiger partial charge in [0, 0.05) is 17.1 Å². The van der Waals surface area contributed by atoms with Crippen LogP contribution >= 0.6 is 34.6 Å². The van der Waals surface area contributed by atoms with Crippen molar-refractivity contribution >= 4 is 34.6 Å². The van der Waals surface area contributed by atoms with Gasteiger partial charge in [0.2, 0.25) is 0 Å². The van der Waals surface area contributed by atoms with Gasteiger partial charge in [-0.1, -0.05) is 0 Å². The molecule has 0 radical (unpaired) electrons. The van der Waals surface area contributed by atoms with Gasteiger partial charge < -0.3 is 0 Å². The topological polar surface area (TPSA) is 17.8 Å². The second kappa shape index (κ2) is 2.41. The zero-order chi connectivity index (χ0) is 7.14. The largest absolute Gasteiger partial charge is 0.207 e. The van der Waals surface area contributed by atoms with E-state index in [1.165, 1.54) is 17.0 Å². The quantitative estimate of drug-likeness (QED) is 0.669. The van der Waals surface area contributed by atoms with Gasteiger partial charge in [-0.05, 0) is 6.92 Å². The summed E-state index contributed by atoms with van der Waals surface area (Å²) in [7, 11) is 0. The zero-order valence-corrected chi connectivity index (χ0v) is 8.57. The molecule has 4 heteroatoms. The maximum atomic E-state index is 4.32. The Hall–Kier alpha value is 0.290. The van der Waals surface area contributed by atoms with Gasteiger partial charge in [-0.25, -0.2) is 2.90 Å². The minimum Gasteiger partial charge on any atom is -0.207 e. The zero-order valence-electron chi connectivity index (χ0n) is 5.59. The molecule has 0 N–H and O–H groups in total. The van der Waals surface area contributed by atoms with Gasteiger partial charge >= 0.3 is 0 Å². The summed E-state index contributed by atoms with van der Waals surface area (Å²) in [5, 5.41) is 4.32. The highest BCUT2D eigenvalue weighted by atomic mass is 127. The van der Waals surface area contributed by atoms with Crippen LogP contribution in [0.15, 0.2) is 0 Å². The summed E-state index contributed by atoms with van der Waals surface area (Å²) < 4.78 is 1.97. The van der Waals surface area contributed by atoms with Crippen molar-refractivity contribution < 1.29 is 0 Å². The van der Waals surface area contributed by atoms with Crippen LogP contribution in [0.25, 0.3) is 0 Å². The molecule has 0 aromatic carbocycles. The van der Waals surface area contributed by atoms with E-state index in [0.29, 0.717) is 0 Å². The average molecular weight is 266 g/mol. The first-order chi connectivity index (χ1) is 4.79. The molecule has 10 heavy (non-hydrogen) atoms. The number of aromatic nitrogens is 2. The maximum absolute atomic E-state index is 4.32. The third-order valence-corrected chi connectivity index (χ3v) is 3.50. The van der Waals surface area contributed by atoms with E-state index in [2.05, 4.69) is 34.9 Å². The molecule has 2 heterocycles. The van der Waals surface area contributed by atoms with Crippen molar-refractivity contribution in [2.24, 2.45) is 0 Å². The molecule has 1 aliphatic rings. The Morgan fingerprint density at radius 2 is 2.40 bits per heavy atom. The van der Waals surface area contributed by atoms with Crippen LogP contribution in [0.4, 0.5) is 0 Å². The molecule has 2 nitrogen and oxygen atoms in total. The van der Waals surface area contributed by atoms with Crippen molar-refractivity contribution in [3.05, 3.63) is 17.0 Å². The maximum Gasteiger partial charge on any atom is 0.0847 e. The summed E-state index contributed by atoms with van der Waals surface area (Å²) in [6.45, 7) is 2.08. The molecule has 2 rings (SSSR count). The van der Waals surface area contributed by atoms with E-state index in [-0.39, 0.29) is 0 Å². The number of halogens is 1. The molecule has 1 aromatic rings. The van der Waals surface area contributed by atoms with Crippen molar-refractivity contribution in [3.8, 4) is 0 Å². The molecule has 0 aliphatic carbocycles. The van der Waals surface area contributed by atoms with E-state index in [9.17, 15) is 0 Å². The molecule has 0 saturated carbocycles. The second-order valence-corrected chi connectivity index (χ2v) is 4.26. The Morgan fingerprint density at radius 3 is 3.10 bits per heavy atom. The molecular weight excluding hydrogens is 259 g/mol. The van der Waals surface area contributed by atoms with E-state index in [1.807, 2.05) is 14.7 Å². The Bertz CT molecular complexity index is 244. The number of fused-ring (bicyclic) bond motifs is 1. The second-order valence-electron chi connectivity index (χ2n) is 2.36. The number of aryl methyl sites for hydroxylation is 1. The summed E-state index contributed by atoms with van der Waals surface area (Å²) in [5.41, 5.74) is 4.07. The summed E-state index contributed by atoms with van der Waals surface area (Å²) in [5.74, 6) is 2.29. The first-order valence-electron chi connectivity index (χ1n) is 3.10. The van der Waals surface area contributed by atoms with Gasteiger partial charge in [0.1, 0.15) is 0 Å². The van der Waals surface area contributed by atoms with Crippen LogP contribution in [-0.2, 0) is 11.5 Å². The van der Waals surface area contributed by atoms with Crippen molar-refractivity contribution in [1.82, 2.24) is 7.99 Å². The molecule has 0 amide bonds. The highest BCUT2D eigenvalue weighted by molar-refractivity contribution is 14.1. The molecule has 1 aliphatic heterocycles. The lowest BCUT2D eigenvalue weighted by molar-refractivity contribution is 0.980. The predicted octanol–water partition coefficient (Wildman–Crippen LogP) is 2.14. The highest BCUT2D eigenvalue weighted by Crippen LogP contribution is 2.32. The van der Waals surface area contributed by atoms with Gasteiger partial charge in [0.05, 0.1) is 34.3 Å². The molecule has 0 atom stereocenters. The van der Waals surface area contributed by atoms with E-state index in [0.717, 1.165) is 11.5 Å². The SMILES string of the molecule is Cc1nn(I)c2c1CSC2. The van der Waals surface area contributed by atoms with Crippen molar-refractivity contribution in [1.29, 1.82) is 0 Å². The first-order valence-corrected chi connectivity index (χ1v) is 5.22. The summed E-state index contributed by atoms with van der Waals surface area (Å²) in [4.78, 5) is 0. The normalized spacial score (nSPS) is 15.8. The molecule has 1 aromatic heterocycles. The van der Waals surface area contributed by atoms with Crippen LogP contribution in [0.1, 0.15) is 17.0 Å². The van der Waals surface area contributed by atoms with Crippen LogP contribution in [0.3, 0.4) is 0 Å². The fourth-order valence-corrected chi connectivity index (χ4v) is 3.34. The summed E-state index contributed by atoms with van der Waals surface area (Å²) >= 11 is 4.21. The molecule has 54 valence electrons. The molecular formula is C6H7IN2S. The van der Waals surface area contributed by atoms with Crippen LogP contribution in [0.2, 0.25) is 0 Å². The third-order valence-electron chi connectivity index (χ3n) is 1.73. The van der Waals surface area contributed by atoms with Gasteiger partial charge in [-0.15, -0.1) is 0 Å². The average Bonchev–Trinajstić information content (AvgIpc) is 2.39. The van der Waals surface area contributed by atoms with Gasteiger partial charge in [-0.2, -0.15) is 16.9 Å². The Labute approximate surface area is 77.9 Å². The van der Waals surface area contributed by atoms with Crippen LogP contribution in [0, 0.1) is 6.92 Å². The van der Waals surface area contributed by atoms with Crippen LogP contribution in [-0.4, -0.2) is 7.99 Å². The van der Waals surface area contributed by atoms with Crippen molar-refractivity contribution in [2.45, 2.75) is 18.4 Å². The number of hydrogen-bond donors (Lipinski definition) is 0. The smallest absolute Gasteiger partial charge is 0.0847 e. The predicted molar refractivity (Wildman–Crippen MR) is 51.4 cm³/mol. The lowest BCUT2D eigenvalue weighted by Crippen LogP contribution is -1.86. The van der Waals surface area contributed by atoms with Crippen LogP contribution < -0.4 is 0 Å². The Kier molecular flexibility index (Phi) is 1.68. The minimum atomic E-state index is 1.14. The number of rotatable bonds is 0. The van der Waals surface area contributed by atoms with Gasteiger partial charge in [0.15, 0.2) is 0 Å². The molecule has 0 unspecified atom stereocenters. The van der Waals surface area contributed by atoms with E-state index < -0.39 is 0 Å². The van der Waals surface area contributed by atoms with Crippen molar-refractivity contribution in [3.63, 3.8) is 0 Å². The molecule has 0 bridgehead atoms. The summed E-state index contributed by atoms with van der Waals surface area (Å²) in [6, 6.07) is 0. The van der Waals surface area contributed by atoms with E-state index in [4.69, 9.17) is 0 Å². The van der Waals surface area contributed by atoms with E-state index in [1.54, 1.807) is 0 Å². The lowest BCUT2D eigenvalue weighted by Gasteiger charge is -1.89. The molecule has 0 saturated heterocycles. The number of hydrogen-bond acceptors (Lipinski definition) is 2. The monoisotopic (exact) mass is 266 g/mol. The fraction of sp³-hybridized carbons (Fsp3) is 0.500. The van der Waals surface area contributed by atoms with Crippen LogP contribution in [0.5, 0.6) is 0 Å². The fourth-order valence-electron chi connectivity index (χ4n) is 1.15. The van der Waals surface area contributed by atoms with Gasteiger partial charge in [0.25, 0.3) is 0 Å². The lowest BCUT2D eigenvalue weighted by atomic mass is 10.2. The third kappa shape index (κ3) is 0.887. The van der Waals surface area contributed by atoms with Gasteiger partial charge in [-0.3, -0.25) is 0 Å². The first kappa shape index (κ1) is 6.97. The highest BCUT2D eigenvalue weighted by Gasteiger charge is 2.18. The Morgan fingerprint density at radius 1 is 1.60 bits per heavy atom. The Balaban J connectivity index is 2.61. The number of thioether (sulfide) groups is 1. The molecule has 0 spiro atoms. The van der Waals surface area contributed by atoms with E-state index >= 15 is 0 Å². The van der Waals surface area contributed by atoms with Crippen molar-refractivity contribution in [2.75, 3.05) is 0 Å². The number of nitrogens with zero attached hydrogens (tertiary/aromatic N) is 2. The summed E-state index contributed by atoms with van der Waals surface area (Å²) in [6.07, 6.45) is 0. The minimum absolute atomic E-state index is 1.14.